The molecule has 20 heavy (non-hydrogen) atoms. The zero-order valence-electron chi connectivity index (χ0n) is 11.2. The lowest BCUT2D eigenvalue weighted by Crippen LogP contribution is -2.27. The van der Waals surface area contributed by atoms with Gasteiger partial charge < -0.3 is 10.4 Å². The van der Waals surface area contributed by atoms with Crippen LogP contribution >= 0.6 is 15.9 Å². The number of benzene rings is 1. The highest BCUT2D eigenvalue weighted by Crippen LogP contribution is 2.19. The molecular formula is C14H17BrFNO3. The molecule has 0 saturated heterocycles. The summed E-state index contributed by atoms with van der Waals surface area (Å²) in [5.41, 5.74) is -0.00862. The summed E-state index contributed by atoms with van der Waals surface area (Å²) in [7, 11) is 0. The number of halogens is 2. The average Bonchev–Trinajstić information content (AvgIpc) is 2.36. The summed E-state index contributed by atoms with van der Waals surface area (Å²) in [6.45, 7) is 2.31. The van der Waals surface area contributed by atoms with Gasteiger partial charge in [0.05, 0.1) is 5.56 Å². The Hall–Kier alpha value is -1.43. The van der Waals surface area contributed by atoms with Gasteiger partial charge in [0.15, 0.2) is 0 Å². The second-order valence-corrected chi connectivity index (χ2v) is 5.53. The summed E-state index contributed by atoms with van der Waals surface area (Å²) in [6, 6.07) is 4.35. The van der Waals surface area contributed by atoms with Crippen molar-refractivity contribution in [3.63, 3.8) is 0 Å². The van der Waals surface area contributed by atoms with Crippen LogP contribution in [-0.2, 0) is 4.79 Å². The van der Waals surface area contributed by atoms with Crippen molar-refractivity contribution in [3.8, 4) is 0 Å². The van der Waals surface area contributed by atoms with Gasteiger partial charge in [0, 0.05) is 17.4 Å². The third-order valence-electron chi connectivity index (χ3n) is 2.96. The van der Waals surface area contributed by atoms with E-state index in [1.165, 1.54) is 12.1 Å². The molecule has 0 aliphatic rings. The summed E-state index contributed by atoms with van der Waals surface area (Å²) < 4.78 is 14.0. The van der Waals surface area contributed by atoms with Crippen LogP contribution < -0.4 is 5.32 Å². The molecule has 0 spiro atoms. The number of carbonyl (C=O) groups excluding carboxylic acids is 1. The molecular weight excluding hydrogens is 329 g/mol. The number of amides is 1. The molecule has 1 unspecified atom stereocenters. The Morgan fingerprint density at radius 1 is 1.40 bits per heavy atom. The smallest absolute Gasteiger partial charge is 0.303 e. The maximum atomic E-state index is 13.5. The molecule has 1 amide bonds. The third kappa shape index (κ3) is 5.28. The fourth-order valence-electron chi connectivity index (χ4n) is 1.75. The van der Waals surface area contributed by atoms with Gasteiger partial charge in [0.25, 0.3) is 5.91 Å². The predicted molar refractivity (Wildman–Crippen MR) is 77.1 cm³/mol. The van der Waals surface area contributed by atoms with Gasteiger partial charge in [-0.3, -0.25) is 9.59 Å². The standard InChI is InChI=1S/C14H17BrFNO3/c1-9(5-6-12(18)19)7-8-17-14(20)13-10(15)3-2-4-11(13)16/h2-4,9H,5-8H2,1H3,(H,17,20)(H,18,19). The highest BCUT2D eigenvalue weighted by atomic mass is 79.9. The van der Waals surface area contributed by atoms with Crippen LogP contribution in [0.3, 0.4) is 0 Å². The summed E-state index contributed by atoms with van der Waals surface area (Å²) in [5, 5.41) is 11.2. The minimum Gasteiger partial charge on any atom is -0.481 e. The molecule has 1 aromatic rings. The topological polar surface area (TPSA) is 66.4 Å². The van der Waals surface area contributed by atoms with E-state index >= 15 is 0 Å². The molecule has 0 heterocycles. The third-order valence-corrected chi connectivity index (χ3v) is 3.62. The summed E-state index contributed by atoms with van der Waals surface area (Å²) in [5.74, 6) is -1.68. The number of nitrogens with one attached hydrogen (secondary N) is 1. The Morgan fingerprint density at radius 3 is 2.70 bits per heavy atom. The Balaban J connectivity index is 2.42. The lowest BCUT2D eigenvalue weighted by atomic mass is 10.0. The molecule has 1 rings (SSSR count). The Kier molecular flexibility index (Phi) is 6.64. The first-order chi connectivity index (χ1) is 9.41. The molecule has 0 bridgehead atoms. The van der Waals surface area contributed by atoms with Gasteiger partial charge in [-0.05, 0) is 46.8 Å². The zero-order valence-corrected chi connectivity index (χ0v) is 12.7. The fourth-order valence-corrected chi connectivity index (χ4v) is 2.27. The number of carboxylic acids is 1. The molecule has 6 heteroatoms. The van der Waals surface area contributed by atoms with Crippen LogP contribution in [0.5, 0.6) is 0 Å². The number of carbonyl (C=O) groups is 2. The van der Waals surface area contributed by atoms with Gasteiger partial charge in [-0.2, -0.15) is 0 Å². The van der Waals surface area contributed by atoms with Crippen LogP contribution in [0, 0.1) is 11.7 Å². The molecule has 4 nitrogen and oxygen atoms in total. The molecule has 1 atom stereocenters. The molecule has 0 saturated carbocycles. The normalized spacial score (nSPS) is 11.9. The number of carboxylic acid groups (broad SMARTS) is 1. The van der Waals surface area contributed by atoms with Crippen molar-refractivity contribution in [2.45, 2.75) is 26.2 Å². The van der Waals surface area contributed by atoms with E-state index in [0.717, 1.165) is 0 Å². The van der Waals surface area contributed by atoms with Crippen LogP contribution in [0.2, 0.25) is 0 Å². The highest BCUT2D eigenvalue weighted by molar-refractivity contribution is 9.10. The number of aliphatic carboxylic acids is 1. The van der Waals surface area contributed by atoms with E-state index in [-0.39, 0.29) is 17.9 Å². The van der Waals surface area contributed by atoms with Gasteiger partial charge in [-0.15, -0.1) is 0 Å². The quantitative estimate of drug-likeness (QED) is 0.797. The van der Waals surface area contributed by atoms with Crippen molar-refractivity contribution in [1.82, 2.24) is 5.32 Å². The van der Waals surface area contributed by atoms with Crippen molar-refractivity contribution >= 4 is 27.8 Å². The van der Waals surface area contributed by atoms with Crippen molar-refractivity contribution in [3.05, 3.63) is 34.1 Å². The number of hydrogen-bond acceptors (Lipinski definition) is 2. The van der Waals surface area contributed by atoms with E-state index in [0.29, 0.717) is 23.9 Å². The first kappa shape index (κ1) is 16.6. The second-order valence-electron chi connectivity index (χ2n) is 4.68. The Morgan fingerprint density at radius 2 is 2.10 bits per heavy atom. The van der Waals surface area contributed by atoms with Crippen LogP contribution in [-0.4, -0.2) is 23.5 Å². The van der Waals surface area contributed by atoms with Crippen LogP contribution in [0.1, 0.15) is 36.5 Å². The van der Waals surface area contributed by atoms with Gasteiger partial charge >= 0.3 is 5.97 Å². The van der Waals surface area contributed by atoms with E-state index < -0.39 is 17.7 Å². The zero-order chi connectivity index (χ0) is 15.1. The maximum absolute atomic E-state index is 13.5. The van der Waals surface area contributed by atoms with Gasteiger partial charge in [0.2, 0.25) is 0 Å². The molecule has 0 fully saturated rings. The first-order valence-electron chi connectivity index (χ1n) is 6.35. The average molecular weight is 346 g/mol. The largest absolute Gasteiger partial charge is 0.481 e. The first-order valence-corrected chi connectivity index (χ1v) is 7.15. The van der Waals surface area contributed by atoms with Gasteiger partial charge in [-0.1, -0.05) is 13.0 Å². The molecule has 0 radical (unpaired) electrons. The van der Waals surface area contributed by atoms with E-state index in [9.17, 15) is 14.0 Å². The van der Waals surface area contributed by atoms with Crippen LogP contribution in [0.15, 0.2) is 22.7 Å². The van der Waals surface area contributed by atoms with Gasteiger partial charge in [0.1, 0.15) is 5.82 Å². The van der Waals surface area contributed by atoms with Gasteiger partial charge in [-0.25, -0.2) is 4.39 Å². The Bertz CT molecular complexity index is 473. The van der Waals surface area contributed by atoms with E-state index in [4.69, 9.17) is 5.11 Å². The van der Waals surface area contributed by atoms with Crippen molar-refractivity contribution in [2.24, 2.45) is 5.92 Å². The molecule has 0 aliphatic carbocycles. The second kappa shape index (κ2) is 7.99. The fraction of sp³-hybridized carbons (Fsp3) is 0.429. The minimum absolute atomic E-state index is 0.00862. The summed E-state index contributed by atoms with van der Waals surface area (Å²) >= 11 is 3.14. The molecule has 110 valence electrons. The SMILES string of the molecule is CC(CCNC(=O)c1c(F)cccc1Br)CCC(=O)O. The van der Waals surface area contributed by atoms with Crippen molar-refractivity contribution in [2.75, 3.05) is 6.54 Å². The molecule has 2 N–H and O–H groups in total. The van der Waals surface area contributed by atoms with Crippen LogP contribution in [0.4, 0.5) is 4.39 Å². The Labute approximate surface area is 125 Å². The lowest BCUT2D eigenvalue weighted by molar-refractivity contribution is -0.137. The highest BCUT2D eigenvalue weighted by Gasteiger charge is 2.15. The summed E-state index contributed by atoms with van der Waals surface area (Å²) in [6.07, 6.45) is 1.34. The number of hydrogen-bond donors (Lipinski definition) is 2. The lowest BCUT2D eigenvalue weighted by Gasteiger charge is -2.11. The minimum atomic E-state index is -0.823. The van der Waals surface area contributed by atoms with E-state index in [2.05, 4.69) is 21.2 Å². The van der Waals surface area contributed by atoms with E-state index in [1.807, 2.05) is 6.92 Å². The maximum Gasteiger partial charge on any atom is 0.303 e. The van der Waals surface area contributed by atoms with E-state index in [1.54, 1.807) is 6.07 Å². The summed E-state index contributed by atoms with van der Waals surface area (Å²) in [4.78, 5) is 22.3. The van der Waals surface area contributed by atoms with Crippen LogP contribution in [0.25, 0.3) is 0 Å². The molecule has 1 aromatic carbocycles. The monoisotopic (exact) mass is 345 g/mol. The van der Waals surface area contributed by atoms with Crippen molar-refractivity contribution in [1.29, 1.82) is 0 Å². The predicted octanol–water partition coefficient (Wildman–Crippen LogP) is 3.21. The van der Waals surface area contributed by atoms with Crippen molar-refractivity contribution < 1.29 is 19.1 Å². The molecule has 0 aromatic heterocycles. The molecule has 0 aliphatic heterocycles. The number of rotatable bonds is 7.